The Labute approximate surface area is 88.1 Å². The molecule has 0 aliphatic heterocycles. The Morgan fingerprint density at radius 2 is 2.21 bits per heavy atom. The van der Waals surface area contributed by atoms with E-state index in [-0.39, 0.29) is 5.97 Å². The molecule has 0 saturated carbocycles. The van der Waals surface area contributed by atoms with E-state index < -0.39 is 0 Å². The number of aryl methyl sites for hydroxylation is 1. The topological polar surface area (TPSA) is 26.3 Å². The summed E-state index contributed by atoms with van der Waals surface area (Å²) in [6.45, 7) is 1.96. The molecular formula is C11H11ClO2. The van der Waals surface area contributed by atoms with Crippen LogP contribution in [-0.4, -0.2) is 13.1 Å². The predicted octanol–water partition coefficient (Wildman–Crippen LogP) is 2.83. The average Bonchev–Trinajstić information content (AvgIpc) is 2.19. The first kappa shape index (κ1) is 10.8. The monoisotopic (exact) mass is 210 g/mol. The summed E-state index contributed by atoms with van der Waals surface area (Å²) in [6.07, 6.45) is 2.99. The lowest BCUT2D eigenvalue weighted by Gasteiger charge is -1.99. The number of benzene rings is 1. The number of methoxy groups -OCH3 is 1. The number of carbonyl (C=O) groups excluding carboxylic acids is 1. The van der Waals surface area contributed by atoms with Gasteiger partial charge in [-0.25, -0.2) is 4.79 Å². The molecule has 0 N–H and O–H groups in total. The minimum Gasteiger partial charge on any atom is -0.466 e. The summed E-state index contributed by atoms with van der Waals surface area (Å²) in [6, 6.07) is 5.62. The molecule has 1 rings (SSSR count). The van der Waals surface area contributed by atoms with Crippen molar-refractivity contribution in [3.05, 3.63) is 40.4 Å². The second kappa shape index (κ2) is 4.82. The smallest absolute Gasteiger partial charge is 0.330 e. The van der Waals surface area contributed by atoms with Crippen LogP contribution in [0.3, 0.4) is 0 Å². The van der Waals surface area contributed by atoms with Gasteiger partial charge in [0, 0.05) is 11.1 Å². The fraction of sp³-hybridized carbons (Fsp3) is 0.182. The fourth-order valence-corrected chi connectivity index (χ4v) is 1.20. The van der Waals surface area contributed by atoms with E-state index in [0.717, 1.165) is 11.1 Å². The van der Waals surface area contributed by atoms with Gasteiger partial charge in [0.05, 0.1) is 7.11 Å². The maximum absolute atomic E-state index is 10.8. The van der Waals surface area contributed by atoms with Crippen LogP contribution in [0.15, 0.2) is 24.3 Å². The minimum absolute atomic E-state index is 0.387. The third-order valence-corrected chi connectivity index (χ3v) is 2.10. The van der Waals surface area contributed by atoms with Crippen LogP contribution in [0.2, 0.25) is 5.02 Å². The predicted molar refractivity (Wildman–Crippen MR) is 57.2 cm³/mol. The van der Waals surface area contributed by atoms with Crippen LogP contribution in [0.1, 0.15) is 11.1 Å². The van der Waals surface area contributed by atoms with Crippen molar-refractivity contribution < 1.29 is 9.53 Å². The van der Waals surface area contributed by atoms with E-state index in [9.17, 15) is 4.79 Å². The van der Waals surface area contributed by atoms with Gasteiger partial charge in [0.15, 0.2) is 0 Å². The van der Waals surface area contributed by atoms with E-state index in [2.05, 4.69) is 4.74 Å². The lowest BCUT2D eigenvalue weighted by Crippen LogP contribution is -1.93. The first-order chi connectivity index (χ1) is 6.63. The fourth-order valence-electron chi connectivity index (χ4n) is 1.02. The second-order valence-corrected chi connectivity index (χ2v) is 3.29. The molecule has 0 aliphatic carbocycles. The van der Waals surface area contributed by atoms with Crippen LogP contribution in [0.25, 0.3) is 6.08 Å². The molecule has 0 aromatic heterocycles. The van der Waals surface area contributed by atoms with Crippen molar-refractivity contribution in [1.82, 2.24) is 0 Å². The van der Waals surface area contributed by atoms with E-state index in [1.54, 1.807) is 12.1 Å². The van der Waals surface area contributed by atoms with E-state index >= 15 is 0 Å². The Morgan fingerprint density at radius 3 is 2.86 bits per heavy atom. The number of hydrogen-bond donors (Lipinski definition) is 0. The van der Waals surface area contributed by atoms with Gasteiger partial charge in [-0.3, -0.25) is 0 Å². The normalized spacial score (nSPS) is 10.5. The molecule has 0 amide bonds. The lowest BCUT2D eigenvalue weighted by molar-refractivity contribution is -0.134. The van der Waals surface area contributed by atoms with Crippen molar-refractivity contribution in [2.75, 3.05) is 7.11 Å². The molecule has 0 spiro atoms. The van der Waals surface area contributed by atoms with Gasteiger partial charge in [-0.1, -0.05) is 29.3 Å². The van der Waals surface area contributed by atoms with Crippen LogP contribution < -0.4 is 0 Å². The van der Waals surface area contributed by atoms with Crippen LogP contribution in [0.5, 0.6) is 0 Å². The Balaban J connectivity index is 2.90. The Kier molecular flexibility index (Phi) is 3.72. The number of carbonyl (C=O) groups is 1. The zero-order valence-electron chi connectivity index (χ0n) is 8.08. The summed E-state index contributed by atoms with van der Waals surface area (Å²) in [5, 5.41) is 0.621. The molecule has 1 aromatic rings. The first-order valence-electron chi connectivity index (χ1n) is 4.15. The summed E-state index contributed by atoms with van der Waals surface area (Å²) in [5.74, 6) is -0.387. The zero-order chi connectivity index (χ0) is 10.6. The zero-order valence-corrected chi connectivity index (χ0v) is 8.84. The summed E-state index contributed by atoms with van der Waals surface area (Å²) in [5.41, 5.74) is 1.91. The molecule has 74 valence electrons. The van der Waals surface area contributed by atoms with Gasteiger partial charge in [-0.05, 0) is 24.6 Å². The van der Waals surface area contributed by atoms with Gasteiger partial charge in [0.2, 0.25) is 0 Å². The highest BCUT2D eigenvalue weighted by Gasteiger charge is 1.97. The molecule has 14 heavy (non-hydrogen) atoms. The minimum atomic E-state index is -0.387. The van der Waals surface area contributed by atoms with Crippen LogP contribution in [0.4, 0.5) is 0 Å². The van der Waals surface area contributed by atoms with Gasteiger partial charge in [-0.2, -0.15) is 0 Å². The Hall–Kier alpha value is -1.28. The van der Waals surface area contributed by atoms with E-state index in [1.807, 2.05) is 19.1 Å². The first-order valence-corrected chi connectivity index (χ1v) is 4.53. The average molecular weight is 211 g/mol. The third-order valence-electron chi connectivity index (χ3n) is 1.75. The molecule has 0 radical (unpaired) electrons. The third kappa shape index (κ3) is 2.89. The number of esters is 1. The quantitative estimate of drug-likeness (QED) is 0.554. The maximum Gasteiger partial charge on any atom is 0.330 e. The Bertz CT molecular complexity index is 370. The molecule has 0 saturated heterocycles. The summed E-state index contributed by atoms with van der Waals surface area (Å²) < 4.78 is 4.47. The highest BCUT2D eigenvalue weighted by molar-refractivity contribution is 6.32. The molecule has 0 bridgehead atoms. The van der Waals surface area contributed by atoms with Gasteiger partial charge in [0.25, 0.3) is 0 Å². The maximum atomic E-state index is 10.8. The van der Waals surface area contributed by atoms with Gasteiger partial charge in [0.1, 0.15) is 0 Å². The van der Waals surface area contributed by atoms with Gasteiger partial charge < -0.3 is 4.74 Å². The van der Waals surface area contributed by atoms with Gasteiger partial charge in [-0.15, -0.1) is 0 Å². The second-order valence-electron chi connectivity index (χ2n) is 2.88. The largest absolute Gasteiger partial charge is 0.466 e. The number of halogens is 1. The van der Waals surface area contributed by atoms with Crippen molar-refractivity contribution >= 4 is 23.6 Å². The van der Waals surface area contributed by atoms with Crippen LogP contribution >= 0.6 is 11.6 Å². The SMILES string of the molecule is COC(=O)/C=C/c1cc(C)ccc1Cl. The molecule has 3 heteroatoms. The van der Waals surface area contributed by atoms with Gasteiger partial charge >= 0.3 is 5.97 Å². The lowest BCUT2D eigenvalue weighted by atomic mass is 10.1. The van der Waals surface area contributed by atoms with Crippen LogP contribution in [-0.2, 0) is 9.53 Å². The summed E-state index contributed by atoms with van der Waals surface area (Å²) in [4.78, 5) is 10.8. The molecule has 0 aliphatic rings. The highest BCUT2D eigenvalue weighted by Crippen LogP contribution is 2.18. The standard InChI is InChI=1S/C11H11ClO2/c1-8-3-5-10(12)9(7-8)4-6-11(13)14-2/h3-7H,1-2H3/b6-4+. The summed E-state index contributed by atoms with van der Waals surface area (Å²) in [7, 11) is 1.34. The number of rotatable bonds is 2. The molecule has 2 nitrogen and oxygen atoms in total. The number of hydrogen-bond acceptors (Lipinski definition) is 2. The van der Waals surface area contributed by atoms with Crippen molar-refractivity contribution in [1.29, 1.82) is 0 Å². The van der Waals surface area contributed by atoms with Crippen molar-refractivity contribution in [3.63, 3.8) is 0 Å². The van der Waals surface area contributed by atoms with Crippen LogP contribution in [0, 0.1) is 6.92 Å². The molecular weight excluding hydrogens is 200 g/mol. The number of ether oxygens (including phenoxy) is 1. The van der Waals surface area contributed by atoms with E-state index in [0.29, 0.717) is 5.02 Å². The molecule has 0 fully saturated rings. The summed E-state index contributed by atoms with van der Waals surface area (Å²) >= 11 is 5.92. The molecule has 0 atom stereocenters. The molecule has 1 aromatic carbocycles. The molecule has 0 heterocycles. The van der Waals surface area contributed by atoms with E-state index in [4.69, 9.17) is 11.6 Å². The highest BCUT2D eigenvalue weighted by atomic mass is 35.5. The Morgan fingerprint density at radius 1 is 1.50 bits per heavy atom. The molecule has 0 unspecified atom stereocenters. The van der Waals surface area contributed by atoms with Crippen molar-refractivity contribution in [3.8, 4) is 0 Å². The van der Waals surface area contributed by atoms with Crippen molar-refractivity contribution in [2.24, 2.45) is 0 Å². The van der Waals surface area contributed by atoms with Crippen molar-refractivity contribution in [2.45, 2.75) is 6.92 Å². The van der Waals surface area contributed by atoms with E-state index in [1.165, 1.54) is 13.2 Å².